The van der Waals surface area contributed by atoms with Gasteiger partial charge < -0.3 is 14.2 Å². The molecule has 2 aromatic rings. The summed E-state index contributed by atoms with van der Waals surface area (Å²) in [5.41, 5.74) is 2.41. The Morgan fingerprint density at radius 2 is 1.87 bits per heavy atom. The third-order valence-electron chi connectivity index (χ3n) is 5.27. The van der Waals surface area contributed by atoms with Crippen molar-refractivity contribution in [3.05, 3.63) is 64.4 Å². The summed E-state index contributed by atoms with van der Waals surface area (Å²) in [4.78, 5) is 36.5. The largest absolute Gasteiger partial charge is 0.465 e. The number of rotatable bonds is 4. The summed E-state index contributed by atoms with van der Waals surface area (Å²) in [6, 6.07) is 10.0. The van der Waals surface area contributed by atoms with Crippen LogP contribution in [0.4, 0.5) is 0 Å². The Bertz CT molecular complexity index is 1060. The van der Waals surface area contributed by atoms with E-state index in [0.29, 0.717) is 28.5 Å². The minimum atomic E-state index is -0.424. The van der Waals surface area contributed by atoms with Gasteiger partial charge in [-0.2, -0.15) is 0 Å². The fourth-order valence-corrected chi connectivity index (χ4v) is 3.95. The predicted molar refractivity (Wildman–Crippen MR) is 110 cm³/mol. The molecule has 0 aliphatic carbocycles. The van der Waals surface area contributed by atoms with Gasteiger partial charge in [-0.25, -0.2) is 4.79 Å². The van der Waals surface area contributed by atoms with Crippen molar-refractivity contribution in [3.63, 3.8) is 0 Å². The average Bonchev–Trinajstić information content (AvgIpc) is 3.02. The molecule has 2 aliphatic rings. The van der Waals surface area contributed by atoms with Gasteiger partial charge in [-0.05, 0) is 48.2 Å². The highest BCUT2D eigenvalue weighted by atomic mass is 16.5. The first-order valence-electron chi connectivity index (χ1n) is 9.87. The summed E-state index contributed by atoms with van der Waals surface area (Å²) in [7, 11) is 1.32. The molecule has 0 spiro atoms. The molecule has 6 nitrogen and oxygen atoms in total. The highest BCUT2D eigenvalue weighted by molar-refractivity contribution is 6.15. The lowest BCUT2D eigenvalue weighted by Crippen LogP contribution is -2.21. The number of Topliss-reactive ketones (excluding diaryl/α,β-unsaturated/α-hetero) is 1. The summed E-state index contributed by atoms with van der Waals surface area (Å²) in [6.45, 7) is 4.19. The van der Waals surface area contributed by atoms with Gasteiger partial charge in [0, 0.05) is 11.5 Å². The molecule has 154 valence electrons. The van der Waals surface area contributed by atoms with Crippen LogP contribution in [0.3, 0.4) is 0 Å². The number of carbonyl (C=O) groups is 3. The summed E-state index contributed by atoms with van der Waals surface area (Å²) < 4.78 is 16.1. The van der Waals surface area contributed by atoms with Crippen LogP contribution in [-0.4, -0.2) is 24.8 Å². The van der Waals surface area contributed by atoms with Crippen LogP contribution in [0.5, 0.6) is 11.5 Å². The standard InChI is InChI=1S/C24H22O6/c1-13(2)10-16-12-20(25)29-18-9-8-17-22(26)19(30-23(17)21(16)18)11-14-4-6-15(7-5-14)24(27)28-3/h4-9,11,13,16H,10,12H2,1-3H3/b19-11-/t16-/m0/s1. The molecular weight excluding hydrogens is 384 g/mol. The topological polar surface area (TPSA) is 78.9 Å². The molecule has 6 heteroatoms. The number of carbonyl (C=O) groups excluding carboxylic acids is 3. The molecule has 4 rings (SSSR count). The second-order valence-electron chi connectivity index (χ2n) is 7.91. The fourth-order valence-electron chi connectivity index (χ4n) is 3.95. The smallest absolute Gasteiger partial charge is 0.337 e. The van der Waals surface area contributed by atoms with Gasteiger partial charge in [-0.15, -0.1) is 0 Å². The van der Waals surface area contributed by atoms with E-state index in [4.69, 9.17) is 14.2 Å². The van der Waals surface area contributed by atoms with E-state index in [0.717, 1.165) is 17.5 Å². The van der Waals surface area contributed by atoms with E-state index in [1.807, 2.05) is 0 Å². The molecular formula is C24H22O6. The second kappa shape index (κ2) is 7.78. The van der Waals surface area contributed by atoms with E-state index >= 15 is 0 Å². The Labute approximate surface area is 174 Å². The Kier molecular flexibility index (Phi) is 5.16. The summed E-state index contributed by atoms with van der Waals surface area (Å²) in [6.07, 6.45) is 2.71. The van der Waals surface area contributed by atoms with E-state index in [1.54, 1.807) is 42.5 Å². The van der Waals surface area contributed by atoms with Crippen molar-refractivity contribution < 1.29 is 28.6 Å². The van der Waals surface area contributed by atoms with Crippen LogP contribution >= 0.6 is 0 Å². The van der Waals surface area contributed by atoms with Crippen LogP contribution in [0.25, 0.3) is 6.08 Å². The number of ketones is 1. The van der Waals surface area contributed by atoms with Gasteiger partial charge in [0.15, 0.2) is 5.76 Å². The molecule has 0 aromatic heterocycles. The highest BCUT2D eigenvalue weighted by Crippen LogP contribution is 2.48. The molecule has 0 unspecified atom stereocenters. The van der Waals surface area contributed by atoms with Gasteiger partial charge in [0.1, 0.15) is 11.5 Å². The lowest BCUT2D eigenvalue weighted by atomic mass is 9.84. The minimum absolute atomic E-state index is 0.0531. The molecule has 0 saturated carbocycles. The van der Waals surface area contributed by atoms with Gasteiger partial charge in [0.25, 0.3) is 0 Å². The predicted octanol–water partition coefficient (Wildman–Crippen LogP) is 4.53. The van der Waals surface area contributed by atoms with Crippen LogP contribution in [0.1, 0.15) is 64.4 Å². The minimum Gasteiger partial charge on any atom is -0.465 e. The maximum atomic E-state index is 12.9. The van der Waals surface area contributed by atoms with Gasteiger partial charge in [-0.3, -0.25) is 9.59 Å². The van der Waals surface area contributed by atoms with Crippen molar-refractivity contribution in [3.8, 4) is 11.5 Å². The maximum Gasteiger partial charge on any atom is 0.337 e. The third kappa shape index (κ3) is 3.61. The fraction of sp³-hybridized carbons (Fsp3) is 0.292. The molecule has 0 amide bonds. The molecule has 2 aliphatic heterocycles. The van der Waals surface area contributed by atoms with Crippen molar-refractivity contribution in [2.75, 3.05) is 7.11 Å². The van der Waals surface area contributed by atoms with Crippen molar-refractivity contribution in [2.45, 2.75) is 32.6 Å². The lowest BCUT2D eigenvalue weighted by molar-refractivity contribution is -0.136. The van der Waals surface area contributed by atoms with Crippen LogP contribution in [0, 0.1) is 5.92 Å². The number of esters is 2. The number of ether oxygens (including phenoxy) is 3. The number of hydrogen-bond donors (Lipinski definition) is 0. The number of hydrogen-bond acceptors (Lipinski definition) is 6. The molecule has 2 heterocycles. The Morgan fingerprint density at radius 3 is 2.53 bits per heavy atom. The van der Waals surface area contributed by atoms with Gasteiger partial charge in [0.2, 0.25) is 5.78 Å². The summed E-state index contributed by atoms with van der Waals surface area (Å²) in [5, 5.41) is 0. The van der Waals surface area contributed by atoms with Crippen molar-refractivity contribution in [2.24, 2.45) is 5.92 Å². The number of allylic oxidation sites excluding steroid dienone is 1. The Morgan fingerprint density at radius 1 is 1.13 bits per heavy atom. The first kappa shape index (κ1) is 19.9. The van der Waals surface area contributed by atoms with Crippen LogP contribution in [0.2, 0.25) is 0 Å². The zero-order valence-electron chi connectivity index (χ0n) is 17.1. The second-order valence-corrected chi connectivity index (χ2v) is 7.91. The lowest BCUT2D eigenvalue weighted by Gasteiger charge is -2.27. The highest BCUT2D eigenvalue weighted by Gasteiger charge is 2.37. The summed E-state index contributed by atoms with van der Waals surface area (Å²) >= 11 is 0. The molecule has 30 heavy (non-hydrogen) atoms. The Hall–Kier alpha value is -3.41. The van der Waals surface area contributed by atoms with Crippen molar-refractivity contribution in [1.82, 2.24) is 0 Å². The molecule has 0 bridgehead atoms. The van der Waals surface area contributed by atoms with Crippen molar-refractivity contribution in [1.29, 1.82) is 0 Å². The van der Waals surface area contributed by atoms with Gasteiger partial charge in [-0.1, -0.05) is 26.0 Å². The Balaban J connectivity index is 1.68. The summed E-state index contributed by atoms with van der Waals surface area (Å²) in [5.74, 6) is 0.563. The van der Waals surface area contributed by atoms with E-state index in [2.05, 4.69) is 13.8 Å². The van der Waals surface area contributed by atoms with Gasteiger partial charge >= 0.3 is 11.9 Å². The van der Waals surface area contributed by atoms with E-state index in [-0.39, 0.29) is 29.9 Å². The van der Waals surface area contributed by atoms with Crippen LogP contribution < -0.4 is 9.47 Å². The average molecular weight is 406 g/mol. The molecule has 0 fully saturated rings. The number of benzene rings is 2. The van der Waals surface area contributed by atoms with E-state index in [1.165, 1.54) is 7.11 Å². The van der Waals surface area contributed by atoms with Gasteiger partial charge in [0.05, 0.1) is 24.7 Å². The first-order valence-corrected chi connectivity index (χ1v) is 9.87. The maximum absolute atomic E-state index is 12.9. The molecule has 1 atom stereocenters. The molecule has 0 N–H and O–H groups in total. The third-order valence-corrected chi connectivity index (χ3v) is 5.27. The zero-order valence-corrected chi connectivity index (χ0v) is 17.1. The van der Waals surface area contributed by atoms with E-state index < -0.39 is 5.97 Å². The number of fused-ring (bicyclic) bond motifs is 3. The quantitative estimate of drug-likeness (QED) is 0.422. The van der Waals surface area contributed by atoms with Crippen LogP contribution in [0.15, 0.2) is 42.2 Å². The molecule has 2 aromatic carbocycles. The van der Waals surface area contributed by atoms with E-state index in [9.17, 15) is 14.4 Å². The molecule has 0 radical (unpaired) electrons. The number of methoxy groups -OCH3 is 1. The first-order chi connectivity index (χ1) is 14.4. The van der Waals surface area contributed by atoms with Crippen molar-refractivity contribution >= 4 is 23.8 Å². The molecule has 0 saturated heterocycles. The van der Waals surface area contributed by atoms with Crippen LogP contribution in [-0.2, 0) is 9.53 Å². The monoisotopic (exact) mass is 406 g/mol. The SMILES string of the molecule is COC(=O)c1ccc(/C=C2\Oc3c(ccc4c3[C@@H](CC(C)C)CC(=O)O4)C2=O)cc1. The zero-order chi connectivity index (χ0) is 21.4. The normalized spacial score (nSPS) is 18.7.